The van der Waals surface area contributed by atoms with Crippen LogP contribution in [0, 0.1) is 6.92 Å². The largest absolute Gasteiger partial charge is 0.508 e. The van der Waals surface area contributed by atoms with Crippen molar-refractivity contribution in [3.8, 4) is 5.75 Å². The van der Waals surface area contributed by atoms with Crippen molar-refractivity contribution in [1.82, 2.24) is 9.97 Å². The molecule has 0 radical (unpaired) electrons. The molecule has 0 spiro atoms. The molecule has 0 aliphatic heterocycles. The quantitative estimate of drug-likeness (QED) is 0.631. The molecule has 2 aromatic carbocycles. The summed E-state index contributed by atoms with van der Waals surface area (Å²) in [6.07, 6.45) is 0. The molecule has 3 aromatic rings. The number of rotatable bonds is 4. The highest BCUT2D eigenvalue weighted by Crippen LogP contribution is 2.31. The summed E-state index contributed by atoms with van der Waals surface area (Å²) in [5.41, 5.74) is 7.14. The summed E-state index contributed by atoms with van der Waals surface area (Å²) >= 11 is 7.81. The number of aryl methyl sites for hydroxylation is 1. The molecule has 1 aromatic heterocycles. The first kappa shape index (κ1) is 16.4. The Hall–Kier alpha value is -2.44. The summed E-state index contributed by atoms with van der Waals surface area (Å²) in [6.45, 7) is 1.78. The summed E-state index contributed by atoms with van der Waals surface area (Å²) in [5.74, 6) is 0.926. The van der Waals surface area contributed by atoms with Crippen molar-refractivity contribution in [3.05, 3.63) is 59.2 Å². The van der Waals surface area contributed by atoms with Gasteiger partial charge in [-0.15, -0.1) is 0 Å². The first-order valence-corrected chi connectivity index (χ1v) is 8.34. The van der Waals surface area contributed by atoms with Crippen molar-refractivity contribution >= 4 is 40.8 Å². The van der Waals surface area contributed by atoms with Gasteiger partial charge in [0.2, 0.25) is 5.95 Å². The van der Waals surface area contributed by atoms with Gasteiger partial charge in [0.15, 0.2) is 5.82 Å². The lowest BCUT2D eigenvalue weighted by Crippen LogP contribution is -2.02. The summed E-state index contributed by atoms with van der Waals surface area (Å²) in [4.78, 5) is 10.3. The van der Waals surface area contributed by atoms with Gasteiger partial charge in [-0.2, -0.15) is 4.98 Å². The third-order valence-corrected chi connectivity index (χ3v) is 4.69. The average molecular weight is 359 g/mol. The van der Waals surface area contributed by atoms with E-state index in [0.29, 0.717) is 16.5 Å². The van der Waals surface area contributed by atoms with E-state index in [4.69, 9.17) is 17.3 Å². The molecule has 0 aliphatic carbocycles. The van der Waals surface area contributed by atoms with Crippen LogP contribution in [0.5, 0.6) is 5.75 Å². The van der Waals surface area contributed by atoms with Gasteiger partial charge < -0.3 is 16.2 Å². The van der Waals surface area contributed by atoms with E-state index in [1.54, 1.807) is 30.8 Å². The Balaban J connectivity index is 1.74. The van der Waals surface area contributed by atoms with E-state index in [-0.39, 0.29) is 11.7 Å². The van der Waals surface area contributed by atoms with Gasteiger partial charge in [-0.05, 0) is 55.5 Å². The molecule has 0 bridgehead atoms. The van der Waals surface area contributed by atoms with Gasteiger partial charge >= 0.3 is 0 Å². The molecule has 0 saturated carbocycles. The van der Waals surface area contributed by atoms with Gasteiger partial charge in [0.1, 0.15) is 10.8 Å². The van der Waals surface area contributed by atoms with Crippen molar-refractivity contribution in [2.75, 3.05) is 11.1 Å². The summed E-state index contributed by atoms with van der Waals surface area (Å²) in [5, 5.41) is 12.9. The number of phenolic OH excluding ortho intramolecular Hbond substituents is 1. The minimum atomic E-state index is 0.180. The zero-order valence-electron chi connectivity index (χ0n) is 12.8. The highest BCUT2D eigenvalue weighted by Gasteiger charge is 2.08. The molecule has 3 rings (SSSR count). The monoisotopic (exact) mass is 358 g/mol. The third kappa shape index (κ3) is 3.90. The lowest BCUT2D eigenvalue weighted by molar-refractivity contribution is 0.475. The average Bonchev–Trinajstić information content (AvgIpc) is 2.56. The van der Waals surface area contributed by atoms with E-state index in [2.05, 4.69) is 15.3 Å². The van der Waals surface area contributed by atoms with E-state index < -0.39 is 0 Å². The number of nitrogen functional groups attached to an aromatic ring is 1. The fourth-order valence-electron chi connectivity index (χ4n) is 2.06. The van der Waals surface area contributed by atoms with Gasteiger partial charge in [0.25, 0.3) is 0 Å². The number of aromatic hydroxyl groups is 1. The first-order valence-electron chi connectivity index (χ1n) is 7.15. The second kappa shape index (κ2) is 6.98. The number of halogens is 1. The molecule has 5 nitrogen and oxygen atoms in total. The standard InChI is InChI=1S/C17H15ClN4OS/c1-10-15(18)16(22-17(19)20-10)21-11-2-6-13(7-3-11)24-14-8-4-12(23)5-9-14/h2-9,23H,1H3,(H3,19,20,21,22). The molecule has 0 unspecified atom stereocenters. The van der Waals surface area contributed by atoms with Crippen LogP contribution < -0.4 is 11.1 Å². The number of anilines is 3. The predicted molar refractivity (Wildman–Crippen MR) is 98.1 cm³/mol. The number of nitrogens with two attached hydrogens (primary N) is 1. The second-order valence-electron chi connectivity index (χ2n) is 5.08. The van der Waals surface area contributed by atoms with Gasteiger partial charge in [0, 0.05) is 15.5 Å². The lowest BCUT2D eigenvalue weighted by Gasteiger charge is -2.10. The van der Waals surface area contributed by atoms with Crippen LogP contribution in [0.25, 0.3) is 0 Å². The number of hydrogen-bond donors (Lipinski definition) is 3. The smallest absolute Gasteiger partial charge is 0.222 e. The number of nitrogens with one attached hydrogen (secondary N) is 1. The van der Waals surface area contributed by atoms with Crippen molar-refractivity contribution in [3.63, 3.8) is 0 Å². The molecule has 0 saturated heterocycles. The maximum atomic E-state index is 9.31. The van der Waals surface area contributed by atoms with Crippen molar-refractivity contribution < 1.29 is 5.11 Å². The zero-order chi connectivity index (χ0) is 17.1. The van der Waals surface area contributed by atoms with E-state index in [1.165, 1.54) is 0 Å². The Morgan fingerprint density at radius 1 is 1.00 bits per heavy atom. The third-order valence-electron chi connectivity index (χ3n) is 3.22. The molecular formula is C17H15ClN4OS. The van der Waals surface area contributed by atoms with Crippen molar-refractivity contribution in [2.45, 2.75) is 16.7 Å². The van der Waals surface area contributed by atoms with Crippen LogP contribution in [-0.2, 0) is 0 Å². The topological polar surface area (TPSA) is 84.1 Å². The fraction of sp³-hybridized carbons (Fsp3) is 0.0588. The van der Waals surface area contributed by atoms with E-state index >= 15 is 0 Å². The number of aromatic nitrogens is 2. The van der Waals surface area contributed by atoms with Gasteiger partial charge in [-0.25, -0.2) is 4.98 Å². The Bertz CT molecular complexity index is 854. The van der Waals surface area contributed by atoms with Gasteiger partial charge in [-0.1, -0.05) is 23.4 Å². The molecule has 122 valence electrons. The number of phenols is 1. The van der Waals surface area contributed by atoms with Crippen LogP contribution >= 0.6 is 23.4 Å². The van der Waals surface area contributed by atoms with Crippen molar-refractivity contribution in [1.29, 1.82) is 0 Å². The maximum absolute atomic E-state index is 9.31. The summed E-state index contributed by atoms with van der Waals surface area (Å²) in [7, 11) is 0. The van der Waals surface area contributed by atoms with Crippen LogP contribution in [0.1, 0.15) is 5.69 Å². The molecular weight excluding hydrogens is 344 g/mol. The summed E-state index contributed by atoms with van der Waals surface area (Å²) in [6, 6.07) is 14.9. The van der Waals surface area contributed by atoms with Gasteiger partial charge in [0.05, 0.1) is 5.69 Å². The minimum Gasteiger partial charge on any atom is -0.508 e. The highest BCUT2D eigenvalue weighted by atomic mass is 35.5. The fourth-order valence-corrected chi connectivity index (χ4v) is 3.01. The molecule has 0 atom stereocenters. The molecule has 7 heteroatoms. The van der Waals surface area contributed by atoms with E-state index in [1.807, 2.05) is 36.4 Å². The van der Waals surface area contributed by atoms with E-state index in [0.717, 1.165) is 15.5 Å². The Morgan fingerprint density at radius 3 is 2.21 bits per heavy atom. The predicted octanol–water partition coefficient (Wildman–Crippen LogP) is 4.62. The van der Waals surface area contributed by atoms with Crippen LogP contribution in [-0.4, -0.2) is 15.1 Å². The first-order chi connectivity index (χ1) is 11.5. The number of hydrogen-bond acceptors (Lipinski definition) is 6. The number of nitrogens with zero attached hydrogens (tertiary/aromatic N) is 2. The zero-order valence-corrected chi connectivity index (χ0v) is 14.4. The normalized spacial score (nSPS) is 10.6. The van der Waals surface area contributed by atoms with Crippen LogP contribution in [0.4, 0.5) is 17.5 Å². The second-order valence-corrected chi connectivity index (χ2v) is 6.60. The molecule has 1 heterocycles. The molecule has 0 fully saturated rings. The van der Waals surface area contributed by atoms with Crippen LogP contribution in [0.3, 0.4) is 0 Å². The molecule has 0 amide bonds. The molecule has 24 heavy (non-hydrogen) atoms. The number of benzene rings is 2. The Labute approximate surface area is 148 Å². The molecule has 4 N–H and O–H groups in total. The van der Waals surface area contributed by atoms with Crippen LogP contribution in [0.15, 0.2) is 58.3 Å². The lowest BCUT2D eigenvalue weighted by atomic mass is 10.3. The highest BCUT2D eigenvalue weighted by molar-refractivity contribution is 7.99. The van der Waals surface area contributed by atoms with Gasteiger partial charge in [-0.3, -0.25) is 0 Å². The Kier molecular flexibility index (Phi) is 4.78. The summed E-state index contributed by atoms with van der Waals surface area (Å²) < 4.78 is 0. The molecule has 0 aliphatic rings. The van der Waals surface area contributed by atoms with Crippen LogP contribution in [0.2, 0.25) is 5.02 Å². The van der Waals surface area contributed by atoms with Crippen molar-refractivity contribution in [2.24, 2.45) is 0 Å². The minimum absolute atomic E-state index is 0.180. The van der Waals surface area contributed by atoms with E-state index in [9.17, 15) is 5.11 Å². The SMILES string of the molecule is Cc1nc(N)nc(Nc2ccc(Sc3ccc(O)cc3)cc2)c1Cl. The Morgan fingerprint density at radius 2 is 1.58 bits per heavy atom. The maximum Gasteiger partial charge on any atom is 0.222 e.